The van der Waals surface area contributed by atoms with Crippen molar-refractivity contribution in [2.24, 2.45) is 11.1 Å². The number of carbonyl (C=O) groups excluding carboxylic acids is 1. The van der Waals surface area contributed by atoms with Gasteiger partial charge in [-0.25, -0.2) is 4.79 Å². The van der Waals surface area contributed by atoms with Gasteiger partial charge in [0.15, 0.2) is 5.58 Å². The Morgan fingerprint density at radius 1 is 1.42 bits per heavy atom. The molecule has 0 saturated heterocycles. The SMILES string of the molecule is CC(C)(C)C(N)C(=O)Nc1ccc2oc(=O)[nH]c2c1. The van der Waals surface area contributed by atoms with Crippen LogP contribution in [0.15, 0.2) is 27.4 Å². The number of H-pyrrole nitrogens is 1. The molecule has 1 atom stereocenters. The van der Waals surface area contributed by atoms with Gasteiger partial charge in [-0.3, -0.25) is 9.78 Å². The largest absolute Gasteiger partial charge is 0.417 e. The van der Waals surface area contributed by atoms with Gasteiger partial charge in [0.05, 0.1) is 11.6 Å². The Hall–Kier alpha value is -2.08. The molecular weight excluding hydrogens is 246 g/mol. The number of oxazole rings is 1. The molecule has 6 heteroatoms. The van der Waals surface area contributed by atoms with Crippen LogP contribution in [0.4, 0.5) is 5.69 Å². The highest BCUT2D eigenvalue weighted by Crippen LogP contribution is 2.20. The number of amides is 1. The van der Waals surface area contributed by atoms with E-state index in [0.29, 0.717) is 16.8 Å². The summed E-state index contributed by atoms with van der Waals surface area (Å²) in [5.41, 5.74) is 7.10. The lowest BCUT2D eigenvalue weighted by atomic mass is 9.87. The number of fused-ring (bicyclic) bond motifs is 1. The second-order valence-corrected chi connectivity index (χ2v) is 5.56. The highest BCUT2D eigenvalue weighted by atomic mass is 16.4. The van der Waals surface area contributed by atoms with Crippen LogP contribution in [0.2, 0.25) is 0 Å². The van der Waals surface area contributed by atoms with Crippen LogP contribution in [0.5, 0.6) is 0 Å². The van der Waals surface area contributed by atoms with Gasteiger partial charge in [0, 0.05) is 5.69 Å². The van der Waals surface area contributed by atoms with Crippen LogP contribution in [0.25, 0.3) is 11.1 Å². The highest BCUT2D eigenvalue weighted by Gasteiger charge is 2.27. The zero-order valence-electron chi connectivity index (χ0n) is 11.1. The van der Waals surface area contributed by atoms with E-state index in [9.17, 15) is 9.59 Å². The van der Waals surface area contributed by atoms with Gasteiger partial charge in [-0.1, -0.05) is 20.8 Å². The molecule has 0 saturated carbocycles. The Bertz CT molecular complexity index is 664. The predicted octanol–water partition coefficient (Wildman–Crippen LogP) is 1.43. The number of aromatic nitrogens is 1. The van der Waals surface area contributed by atoms with Crippen molar-refractivity contribution < 1.29 is 9.21 Å². The second-order valence-electron chi connectivity index (χ2n) is 5.56. The molecule has 0 radical (unpaired) electrons. The first-order chi connectivity index (χ1) is 8.77. The van der Waals surface area contributed by atoms with Crippen LogP contribution in [-0.2, 0) is 4.79 Å². The summed E-state index contributed by atoms with van der Waals surface area (Å²) in [4.78, 5) is 25.5. The zero-order valence-corrected chi connectivity index (χ0v) is 11.1. The van der Waals surface area contributed by atoms with Gasteiger partial charge in [-0.2, -0.15) is 0 Å². The molecule has 0 aliphatic rings. The quantitative estimate of drug-likeness (QED) is 0.762. The molecule has 0 spiro atoms. The van der Waals surface area contributed by atoms with Gasteiger partial charge >= 0.3 is 5.76 Å². The fourth-order valence-corrected chi connectivity index (χ4v) is 1.64. The van der Waals surface area contributed by atoms with Crippen LogP contribution in [0.3, 0.4) is 0 Å². The molecule has 1 amide bonds. The number of rotatable bonds is 2. The minimum absolute atomic E-state index is 0.266. The summed E-state index contributed by atoms with van der Waals surface area (Å²) < 4.78 is 4.88. The Kier molecular flexibility index (Phi) is 3.20. The van der Waals surface area contributed by atoms with Gasteiger partial charge in [0.25, 0.3) is 0 Å². The van der Waals surface area contributed by atoms with E-state index in [4.69, 9.17) is 10.2 Å². The van der Waals surface area contributed by atoms with Gasteiger partial charge in [0.1, 0.15) is 0 Å². The molecule has 0 fully saturated rings. The first-order valence-corrected chi connectivity index (χ1v) is 5.97. The van der Waals surface area contributed by atoms with E-state index in [1.54, 1.807) is 18.2 Å². The molecule has 1 heterocycles. The van der Waals surface area contributed by atoms with Gasteiger partial charge < -0.3 is 15.5 Å². The van der Waals surface area contributed by atoms with Crippen molar-refractivity contribution in [1.29, 1.82) is 0 Å². The number of benzene rings is 1. The maximum atomic E-state index is 12.0. The first kappa shape index (κ1) is 13.4. The lowest BCUT2D eigenvalue weighted by Crippen LogP contribution is -2.45. The Labute approximate surface area is 110 Å². The molecule has 4 N–H and O–H groups in total. The molecule has 102 valence electrons. The van der Waals surface area contributed by atoms with E-state index in [-0.39, 0.29) is 11.3 Å². The highest BCUT2D eigenvalue weighted by molar-refractivity contribution is 5.96. The standard InChI is InChI=1S/C13H17N3O3/c1-13(2,3)10(14)11(17)15-7-4-5-9-8(6-7)16-12(18)19-9/h4-6,10H,14H2,1-3H3,(H,15,17)(H,16,18). The van der Waals surface area contributed by atoms with E-state index in [0.717, 1.165) is 0 Å². The molecule has 1 aromatic heterocycles. The predicted molar refractivity (Wildman–Crippen MR) is 72.9 cm³/mol. The molecule has 19 heavy (non-hydrogen) atoms. The van der Waals surface area contributed by atoms with E-state index in [2.05, 4.69) is 10.3 Å². The molecular formula is C13H17N3O3. The average molecular weight is 263 g/mol. The number of aromatic amines is 1. The first-order valence-electron chi connectivity index (χ1n) is 5.97. The summed E-state index contributed by atoms with van der Waals surface area (Å²) in [5.74, 6) is -0.789. The molecule has 0 aliphatic heterocycles. The van der Waals surface area contributed by atoms with Gasteiger partial charge in [-0.15, -0.1) is 0 Å². The Balaban J connectivity index is 2.21. The molecule has 1 aromatic carbocycles. The van der Waals surface area contributed by atoms with Crippen molar-refractivity contribution in [2.75, 3.05) is 5.32 Å². The van der Waals surface area contributed by atoms with E-state index in [1.807, 2.05) is 20.8 Å². The number of nitrogens with one attached hydrogen (secondary N) is 2. The van der Waals surface area contributed by atoms with Gasteiger partial charge in [-0.05, 0) is 23.6 Å². The molecule has 2 rings (SSSR count). The summed E-state index contributed by atoms with van der Waals surface area (Å²) in [6, 6.07) is 4.29. The van der Waals surface area contributed by atoms with E-state index >= 15 is 0 Å². The maximum Gasteiger partial charge on any atom is 0.417 e. The zero-order chi connectivity index (χ0) is 14.2. The third-order valence-corrected chi connectivity index (χ3v) is 2.90. The fourth-order valence-electron chi connectivity index (χ4n) is 1.64. The lowest BCUT2D eigenvalue weighted by molar-refractivity contribution is -0.119. The fraction of sp³-hybridized carbons (Fsp3) is 0.385. The average Bonchev–Trinajstić information content (AvgIpc) is 2.66. The minimum Gasteiger partial charge on any atom is -0.408 e. The monoisotopic (exact) mass is 263 g/mol. The maximum absolute atomic E-state index is 12.0. The number of carbonyl (C=O) groups is 1. The van der Waals surface area contributed by atoms with Crippen LogP contribution in [0, 0.1) is 5.41 Å². The number of hydrogen-bond donors (Lipinski definition) is 3. The van der Waals surface area contributed by atoms with Crippen molar-refractivity contribution >= 4 is 22.7 Å². The summed E-state index contributed by atoms with van der Waals surface area (Å²) >= 11 is 0. The van der Waals surface area contributed by atoms with E-state index in [1.165, 1.54) is 0 Å². The van der Waals surface area contributed by atoms with Crippen molar-refractivity contribution in [3.8, 4) is 0 Å². The Morgan fingerprint density at radius 2 is 2.11 bits per heavy atom. The number of anilines is 1. The smallest absolute Gasteiger partial charge is 0.408 e. The van der Waals surface area contributed by atoms with Crippen LogP contribution < -0.4 is 16.8 Å². The van der Waals surface area contributed by atoms with Crippen LogP contribution in [-0.4, -0.2) is 16.9 Å². The van der Waals surface area contributed by atoms with Gasteiger partial charge in [0.2, 0.25) is 5.91 Å². The van der Waals surface area contributed by atoms with E-state index < -0.39 is 11.8 Å². The van der Waals surface area contributed by atoms with Crippen molar-refractivity contribution in [2.45, 2.75) is 26.8 Å². The lowest BCUT2D eigenvalue weighted by Gasteiger charge is -2.25. The molecule has 1 unspecified atom stereocenters. The molecule has 0 bridgehead atoms. The third-order valence-electron chi connectivity index (χ3n) is 2.90. The van der Waals surface area contributed by atoms with Crippen molar-refractivity contribution in [3.05, 3.63) is 28.7 Å². The number of nitrogens with two attached hydrogens (primary N) is 1. The normalized spacial score (nSPS) is 13.5. The minimum atomic E-state index is -0.619. The third kappa shape index (κ3) is 2.85. The molecule has 0 aliphatic carbocycles. The van der Waals surface area contributed by atoms with Crippen molar-refractivity contribution in [1.82, 2.24) is 4.98 Å². The summed E-state index contributed by atoms with van der Waals surface area (Å²) in [6.45, 7) is 5.69. The number of hydrogen-bond acceptors (Lipinski definition) is 4. The van der Waals surface area contributed by atoms with Crippen LogP contribution >= 0.6 is 0 Å². The summed E-state index contributed by atoms with van der Waals surface area (Å²) in [7, 11) is 0. The second kappa shape index (κ2) is 4.55. The molecule has 2 aromatic rings. The van der Waals surface area contributed by atoms with Crippen molar-refractivity contribution in [3.63, 3.8) is 0 Å². The molecule has 6 nitrogen and oxygen atoms in total. The summed E-state index contributed by atoms with van der Waals surface area (Å²) in [6.07, 6.45) is 0. The topological polar surface area (TPSA) is 101 Å². The summed E-state index contributed by atoms with van der Waals surface area (Å²) in [5, 5.41) is 2.72. The van der Waals surface area contributed by atoms with Crippen LogP contribution in [0.1, 0.15) is 20.8 Å². The Morgan fingerprint density at radius 3 is 2.74 bits per heavy atom.